The van der Waals surface area contributed by atoms with Gasteiger partial charge in [-0.3, -0.25) is 14.6 Å². The van der Waals surface area contributed by atoms with Crippen LogP contribution in [0.25, 0.3) is 0 Å². The highest BCUT2D eigenvalue weighted by molar-refractivity contribution is 5.87. The summed E-state index contributed by atoms with van der Waals surface area (Å²) in [6, 6.07) is 21.3. The molecule has 1 fully saturated rings. The van der Waals surface area contributed by atoms with E-state index < -0.39 is 64.6 Å². The molecule has 1 aliphatic heterocycles. The predicted octanol–water partition coefficient (Wildman–Crippen LogP) is 4.84. The van der Waals surface area contributed by atoms with Crippen molar-refractivity contribution in [2.45, 2.75) is 117 Å². The average Bonchev–Trinajstić information content (AvgIpc) is 3.47. The van der Waals surface area contributed by atoms with Gasteiger partial charge in [-0.25, -0.2) is 9.59 Å². The molecule has 57 heavy (non-hydrogen) atoms. The number of aliphatic hydroxyl groups excluding tert-OH is 1. The molecular weight excluding hydrogens is 725 g/mol. The maximum Gasteiger partial charge on any atom is 0.407 e. The van der Waals surface area contributed by atoms with Crippen LogP contribution in [0.15, 0.2) is 78.9 Å². The normalized spacial score (nSPS) is 17.4. The first-order chi connectivity index (χ1) is 26.7. The summed E-state index contributed by atoms with van der Waals surface area (Å²) in [5.41, 5.74) is 0.411. The number of alkyl carbamates (subject to hydrolysis) is 1. The molecule has 0 radical (unpaired) electrons. The van der Waals surface area contributed by atoms with Crippen LogP contribution in [-0.2, 0) is 39.3 Å². The lowest BCUT2D eigenvalue weighted by Gasteiger charge is -2.39. The fraction of sp³-hybridized carbons (Fsp3) is 0.523. The number of nitrogens with one attached hydrogen (secondary N) is 4. The number of hydrogen-bond donors (Lipinski definition) is 6. The molecule has 2 aromatic carbocycles. The van der Waals surface area contributed by atoms with E-state index in [0.717, 1.165) is 11.1 Å². The van der Waals surface area contributed by atoms with Gasteiger partial charge in [0, 0.05) is 12.6 Å². The van der Waals surface area contributed by atoms with Crippen molar-refractivity contribution < 1.29 is 34.1 Å². The largest absolute Gasteiger partial charge is 0.453 e. The molecule has 2 heterocycles. The lowest BCUT2D eigenvalue weighted by molar-refractivity contribution is -0.132. The monoisotopic (exact) mass is 786 g/mol. The molecule has 0 spiro atoms. The minimum atomic E-state index is -1.17. The summed E-state index contributed by atoms with van der Waals surface area (Å²) >= 11 is 0. The van der Waals surface area contributed by atoms with E-state index in [4.69, 9.17) is 4.74 Å². The maximum absolute atomic E-state index is 14.7. The molecule has 6 unspecified atom stereocenters. The first-order valence-electron chi connectivity index (χ1n) is 19.6. The van der Waals surface area contributed by atoms with Gasteiger partial charge in [-0.05, 0) is 67.2 Å². The number of amides is 5. The third-order valence-electron chi connectivity index (χ3n) is 10.4. The number of rotatable bonds is 16. The fourth-order valence-electron chi connectivity index (χ4n) is 7.38. The van der Waals surface area contributed by atoms with Crippen LogP contribution in [0.3, 0.4) is 0 Å². The van der Waals surface area contributed by atoms with E-state index in [9.17, 15) is 29.4 Å². The number of urea groups is 1. The topological polar surface area (TPSA) is 182 Å². The number of ether oxygens (including phenoxy) is 1. The zero-order chi connectivity index (χ0) is 42.1. The van der Waals surface area contributed by atoms with Gasteiger partial charge in [0.2, 0.25) is 11.8 Å². The van der Waals surface area contributed by atoms with Gasteiger partial charge in [0.1, 0.15) is 11.6 Å². The second kappa shape index (κ2) is 19.0. The molecule has 5 amide bonds. The Balaban J connectivity index is 1.64. The lowest BCUT2D eigenvalue weighted by atomic mass is 9.75. The predicted molar refractivity (Wildman–Crippen MR) is 219 cm³/mol. The summed E-state index contributed by atoms with van der Waals surface area (Å²) in [6.07, 6.45) is -1.12. The fourth-order valence-corrected chi connectivity index (χ4v) is 7.38. The van der Waals surface area contributed by atoms with E-state index in [1.165, 1.54) is 7.11 Å². The Kier molecular flexibility index (Phi) is 14.9. The molecule has 0 aliphatic carbocycles. The van der Waals surface area contributed by atoms with E-state index in [0.29, 0.717) is 17.8 Å². The van der Waals surface area contributed by atoms with Gasteiger partial charge in [-0.15, -0.1) is 0 Å². The number of benzene rings is 2. The van der Waals surface area contributed by atoms with E-state index in [-0.39, 0.29) is 37.9 Å². The van der Waals surface area contributed by atoms with Crippen molar-refractivity contribution in [3.63, 3.8) is 0 Å². The van der Waals surface area contributed by atoms with Crippen LogP contribution >= 0.6 is 0 Å². The second-order valence-corrected chi connectivity index (χ2v) is 17.7. The Labute approximate surface area is 337 Å². The van der Waals surface area contributed by atoms with E-state index in [1.807, 2.05) is 102 Å². The van der Waals surface area contributed by atoms with Crippen LogP contribution in [0.5, 0.6) is 0 Å². The highest BCUT2D eigenvalue weighted by atomic mass is 16.5. The zero-order valence-corrected chi connectivity index (χ0v) is 34.8. The highest BCUT2D eigenvalue weighted by Gasteiger charge is 2.46. The third kappa shape index (κ3) is 12.7. The van der Waals surface area contributed by atoms with Crippen LogP contribution in [0.4, 0.5) is 9.59 Å². The van der Waals surface area contributed by atoms with Crippen molar-refractivity contribution >= 4 is 23.9 Å². The third-order valence-corrected chi connectivity index (χ3v) is 10.4. The Morgan fingerprint density at radius 2 is 1.42 bits per heavy atom. The van der Waals surface area contributed by atoms with Gasteiger partial charge >= 0.3 is 12.1 Å². The molecule has 1 saturated heterocycles. The highest BCUT2D eigenvalue weighted by Crippen LogP contribution is 2.34. The Bertz CT molecular complexity index is 1800. The molecule has 6 atom stereocenters. The molecule has 0 saturated carbocycles. The average molecular weight is 787 g/mol. The number of aliphatic hydroxyl groups is 2. The number of pyridine rings is 1. The molecule has 0 bridgehead atoms. The summed E-state index contributed by atoms with van der Waals surface area (Å²) in [6.45, 7) is 15.0. The minimum Gasteiger partial charge on any atom is -0.453 e. The SMILES string of the molecule is COC(=O)NC(C(=O)NC(Cc1ccccc1)C(O)CC(Cc1ccccc1)NC(=O)C(C1CNC(=O)N1Cc1cccc(C(C)(C)O)n1)C(C)(C)C)C(C)(C)C. The standard InChI is InChI=1S/C44H62N6O7/c1-42(2,3)36(33-26-45-40(54)50(33)27-30-21-16-22-35(46-30)44(7,8)56)38(52)47-31(23-28-17-12-10-13-18-28)25-34(51)32(24-29-19-14-11-15-20-29)48-39(53)37(43(4,5)6)49-41(55)57-9/h10-22,31-34,36-37,51,56H,23-27H2,1-9H3,(H,45,54)(H,47,52)(H,48,53)(H,49,55). The van der Waals surface area contributed by atoms with Crippen molar-refractivity contribution in [3.8, 4) is 0 Å². The Hall–Kier alpha value is -5.01. The quantitative estimate of drug-likeness (QED) is 0.119. The summed E-state index contributed by atoms with van der Waals surface area (Å²) < 4.78 is 4.80. The van der Waals surface area contributed by atoms with Gasteiger partial charge in [0.05, 0.1) is 49.1 Å². The summed E-state index contributed by atoms with van der Waals surface area (Å²) in [7, 11) is 1.23. The minimum absolute atomic E-state index is 0.0825. The molecule has 1 aromatic heterocycles. The maximum atomic E-state index is 14.7. The number of aromatic nitrogens is 1. The second-order valence-electron chi connectivity index (χ2n) is 17.7. The Morgan fingerprint density at radius 1 is 0.825 bits per heavy atom. The van der Waals surface area contributed by atoms with Crippen LogP contribution in [-0.4, -0.2) is 88.0 Å². The van der Waals surface area contributed by atoms with Gasteiger partial charge < -0.3 is 41.1 Å². The van der Waals surface area contributed by atoms with Crippen molar-refractivity contribution in [2.24, 2.45) is 16.7 Å². The van der Waals surface area contributed by atoms with Gasteiger partial charge in [0.15, 0.2) is 0 Å². The van der Waals surface area contributed by atoms with Gasteiger partial charge in [0.25, 0.3) is 0 Å². The molecule has 6 N–H and O–H groups in total. The van der Waals surface area contributed by atoms with Crippen LogP contribution in [0, 0.1) is 16.7 Å². The van der Waals surface area contributed by atoms with Crippen LogP contribution in [0.2, 0.25) is 0 Å². The molecule has 4 rings (SSSR count). The lowest BCUT2D eigenvalue weighted by Crippen LogP contribution is -2.58. The van der Waals surface area contributed by atoms with Crippen molar-refractivity contribution in [1.82, 2.24) is 31.2 Å². The van der Waals surface area contributed by atoms with Gasteiger partial charge in [-0.2, -0.15) is 0 Å². The van der Waals surface area contributed by atoms with Crippen LogP contribution < -0.4 is 21.3 Å². The van der Waals surface area contributed by atoms with Crippen molar-refractivity contribution in [2.75, 3.05) is 13.7 Å². The van der Waals surface area contributed by atoms with E-state index in [1.54, 1.807) is 36.9 Å². The van der Waals surface area contributed by atoms with E-state index >= 15 is 0 Å². The van der Waals surface area contributed by atoms with Gasteiger partial charge in [-0.1, -0.05) is 108 Å². The number of carbonyl (C=O) groups excluding carboxylic acids is 4. The first-order valence-corrected chi connectivity index (χ1v) is 19.6. The number of methoxy groups -OCH3 is 1. The summed E-state index contributed by atoms with van der Waals surface area (Å²) in [5.74, 6) is -1.44. The summed E-state index contributed by atoms with van der Waals surface area (Å²) in [5, 5.41) is 34.5. The van der Waals surface area contributed by atoms with Crippen molar-refractivity contribution in [1.29, 1.82) is 0 Å². The molecule has 310 valence electrons. The summed E-state index contributed by atoms with van der Waals surface area (Å²) in [4.78, 5) is 60.4. The molecule has 3 aromatic rings. The van der Waals surface area contributed by atoms with Crippen LogP contribution in [0.1, 0.15) is 84.3 Å². The smallest absolute Gasteiger partial charge is 0.407 e. The number of hydrogen-bond acceptors (Lipinski definition) is 8. The zero-order valence-electron chi connectivity index (χ0n) is 34.8. The molecule has 13 nitrogen and oxygen atoms in total. The van der Waals surface area contributed by atoms with E-state index in [2.05, 4.69) is 26.3 Å². The molecule has 1 aliphatic rings. The number of carbonyl (C=O) groups is 4. The van der Waals surface area contributed by atoms with Crippen molar-refractivity contribution in [3.05, 3.63) is 101 Å². The molecular formula is C44H62N6O7. The Morgan fingerprint density at radius 3 is 1.96 bits per heavy atom. The molecule has 13 heteroatoms. The number of nitrogens with zero attached hydrogens (tertiary/aromatic N) is 2. The first kappa shape index (κ1) is 44.7.